The summed E-state index contributed by atoms with van der Waals surface area (Å²) in [5, 5.41) is 3.39. The Morgan fingerprint density at radius 2 is 2.37 bits per heavy atom. The van der Waals surface area contributed by atoms with Crippen LogP contribution in [-0.2, 0) is 11.2 Å². The zero-order valence-electron chi connectivity index (χ0n) is 11.9. The van der Waals surface area contributed by atoms with Gasteiger partial charge in [0, 0.05) is 26.6 Å². The minimum absolute atomic E-state index is 0.757. The maximum Gasteiger partial charge on any atom is 0.122 e. The lowest BCUT2D eigenvalue weighted by atomic mass is 10.0. The zero-order chi connectivity index (χ0) is 13.5. The van der Waals surface area contributed by atoms with Crippen molar-refractivity contribution in [1.82, 2.24) is 5.32 Å². The van der Waals surface area contributed by atoms with Gasteiger partial charge in [0.1, 0.15) is 5.75 Å². The summed E-state index contributed by atoms with van der Waals surface area (Å²) in [6, 6.07) is 6.46. The van der Waals surface area contributed by atoms with Gasteiger partial charge in [-0.1, -0.05) is 24.6 Å². The van der Waals surface area contributed by atoms with Crippen LogP contribution in [0.3, 0.4) is 0 Å². The van der Waals surface area contributed by atoms with Crippen molar-refractivity contribution in [3.8, 4) is 5.75 Å². The van der Waals surface area contributed by atoms with Gasteiger partial charge in [0.15, 0.2) is 0 Å². The fraction of sp³-hybridized carbons (Fsp3) is 0.500. The van der Waals surface area contributed by atoms with E-state index in [0.29, 0.717) is 0 Å². The molecular weight excluding hydrogens is 238 g/mol. The molecule has 0 atom stereocenters. The normalized spacial score (nSPS) is 14.3. The second-order valence-electron chi connectivity index (χ2n) is 4.79. The molecule has 0 spiro atoms. The zero-order valence-corrected chi connectivity index (χ0v) is 11.9. The largest absolute Gasteiger partial charge is 0.493 e. The van der Waals surface area contributed by atoms with Gasteiger partial charge in [0.25, 0.3) is 0 Å². The SMILES string of the molecule is CCC(=Cc1ccc2c(c1)CCO2)CNCCOC. The summed E-state index contributed by atoms with van der Waals surface area (Å²) in [4.78, 5) is 0. The fourth-order valence-corrected chi connectivity index (χ4v) is 2.23. The lowest BCUT2D eigenvalue weighted by Crippen LogP contribution is -2.21. The minimum atomic E-state index is 0.757. The molecule has 3 heteroatoms. The molecule has 1 aliphatic rings. The van der Waals surface area contributed by atoms with E-state index >= 15 is 0 Å². The number of nitrogens with one attached hydrogen (secondary N) is 1. The van der Waals surface area contributed by atoms with Crippen LogP contribution < -0.4 is 10.1 Å². The summed E-state index contributed by atoms with van der Waals surface area (Å²) in [7, 11) is 1.73. The third-order valence-electron chi connectivity index (χ3n) is 3.37. The van der Waals surface area contributed by atoms with Crippen LogP contribution in [0, 0.1) is 0 Å². The van der Waals surface area contributed by atoms with Crippen LogP contribution in [0.5, 0.6) is 5.75 Å². The van der Waals surface area contributed by atoms with E-state index in [1.807, 2.05) is 0 Å². The summed E-state index contributed by atoms with van der Waals surface area (Å²) in [6.45, 7) is 5.59. The third kappa shape index (κ3) is 4.08. The van der Waals surface area contributed by atoms with Gasteiger partial charge < -0.3 is 14.8 Å². The molecule has 0 saturated heterocycles. The fourth-order valence-electron chi connectivity index (χ4n) is 2.23. The van der Waals surface area contributed by atoms with E-state index < -0.39 is 0 Å². The predicted molar refractivity (Wildman–Crippen MR) is 78.7 cm³/mol. The second kappa shape index (κ2) is 7.31. The van der Waals surface area contributed by atoms with E-state index in [9.17, 15) is 0 Å². The quantitative estimate of drug-likeness (QED) is 0.765. The second-order valence-corrected chi connectivity index (χ2v) is 4.79. The summed E-state index contributed by atoms with van der Waals surface area (Å²) >= 11 is 0. The first-order chi connectivity index (χ1) is 9.33. The molecule has 1 aromatic carbocycles. The number of hydrogen-bond donors (Lipinski definition) is 1. The van der Waals surface area contributed by atoms with E-state index in [0.717, 1.165) is 44.9 Å². The Bertz CT molecular complexity index is 440. The third-order valence-corrected chi connectivity index (χ3v) is 3.37. The van der Waals surface area contributed by atoms with Gasteiger partial charge in [-0.2, -0.15) is 0 Å². The van der Waals surface area contributed by atoms with Crippen molar-refractivity contribution in [1.29, 1.82) is 0 Å². The van der Waals surface area contributed by atoms with Crippen LogP contribution in [-0.4, -0.2) is 33.4 Å². The van der Waals surface area contributed by atoms with Crippen molar-refractivity contribution in [2.45, 2.75) is 19.8 Å². The highest BCUT2D eigenvalue weighted by Crippen LogP contribution is 2.26. The molecule has 1 heterocycles. The Balaban J connectivity index is 1.97. The van der Waals surface area contributed by atoms with Crippen molar-refractivity contribution in [2.24, 2.45) is 0 Å². The van der Waals surface area contributed by atoms with Crippen molar-refractivity contribution >= 4 is 6.08 Å². The van der Waals surface area contributed by atoms with Gasteiger partial charge in [-0.15, -0.1) is 0 Å². The molecule has 0 unspecified atom stereocenters. The highest BCUT2D eigenvalue weighted by atomic mass is 16.5. The summed E-state index contributed by atoms with van der Waals surface area (Å²) in [5.41, 5.74) is 4.01. The van der Waals surface area contributed by atoms with Crippen molar-refractivity contribution in [2.75, 3.05) is 33.4 Å². The molecule has 3 nitrogen and oxygen atoms in total. The van der Waals surface area contributed by atoms with E-state index in [1.165, 1.54) is 16.7 Å². The van der Waals surface area contributed by atoms with Gasteiger partial charge in [0.05, 0.1) is 13.2 Å². The van der Waals surface area contributed by atoms with Crippen LogP contribution in [0.25, 0.3) is 6.08 Å². The first-order valence-corrected chi connectivity index (χ1v) is 6.98. The van der Waals surface area contributed by atoms with Crippen LogP contribution in [0.15, 0.2) is 23.8 Å². The molecule has 0 amide bonds. The Morgan fingerprint density at radius 3 is 3.16 bits per heavy atom. The van der Waals surface area contributed by atoms with Crippen LogP contribution in [0.4, 0.5) is 0 Å². The highest BCUT2D eigenvalue weighted by Gasteiger charge is 2.11. The lowest BCUT2D eigenvalue weighted by Gasteiger charge is -2.08. The lowest BCUT2D eigenvalue weighted by molar-refractivity contribution is 0.200. The van der Waals surface area contributed by atoms with Gasteiger partial charge in [0.2, 0.25) is 0 Å². The molecule has 0 saturated carbocycles. The summed E-state index contributed by atoms with van der Waals surface area (Å²) < 4.78 is 10.6. The molecule has 0 bridgehead atoms. The molecule has 1 aromatic rings. The molecule has 19 heavy (non-hydrogen) atoms. The molecule has 2 rings (SSSR count). The number of rotatable bonds is 7. The topological polar surface area (TPSA) is 30.5 Å². The van der Waals surface area contributed by atoms with E-state index in [1.54, 1.807) is 7.11 Å². The molecule has 0 radical (unpaired) electrons. The Morgan fingerprint density at radius 1 is 1.47 bits per heavy atom. The predicted octanol–water partition coefficient (Wildman–Crippen LogP) is 2.65. The molecule has 0 aliphatic carbocycles. The number of fused-ring (bicyclic) bond motifs is 1. The maximum atomic E-state index is 5.53. The standard InChI is InChI=1S/C16H23NO2/c1-3-13(12-17-7-9-18-2)10-14-4-5-16-15(11-14)6-8-19-16/h4-5,10-11,17H,3,6-9,12H2,1-2H3. The van der Waals surface area contributed by atoms with E-state index in [4.69, 9.17) is 9.47 Å². The number of benzene rings is 1. The van der Waals surface area contributed by atoms with Gasteiger partial charge >= 0.3 is 0 Å². The smallest absolute Gasteiger partial charge is 0.122 e. The van der Waals surface area contributed by atoms with Gasteiger partial charge in [-0.3, -0.25) is 0 Å². The highest BCUT2D eigenvalue weighted by molar-refractivity contribution is 5.57. The van der Waals surface area contributed by atoms with Crippen LogP contribution in [0.1, 0.15) is 24.5 Å². The van der Waals surface area contributed by atoms with E-state index in [2.05, 4.69) is 36.5 Å². The summed E-state index contributed by atoms with van der Waals surface area (Å²) in [5.74, 6) is 1.05. The van der Waals surface area contributed by atoms with Crippen molar-refractivity contribution in [3.05, 3.63) is 34.9 Å². The maximum absolute atomic E-state index is 5.53. The molecule has 0 aromatic heterocycles. The first-order valence-electron chi connectivity index (χ1n) is 6.98. The molecule has 1 N–H and O–H groups in total. The first kappa shape index (κ1) is 14.1. The Hall–Kier alpha value is -1.32. The Kier molecular flexibility index (Phi) is 5.43. The molecule has 1 aliphatic heterocycles. The average Bonchev–Trinajstić information content (AvgIpc) is 2.89. The number of hydrogen-bond acceptors (Lipinski definition) is 3. The van der Waals surface area contributed by atoms with Crippen LogP contribution in [0.2, 0.25) is 0 Å². The van der Waals surface area contributed by atoms with E-state index in [-0.39, 0.29) is 0 Å². The number of ether oxygens (including phenoxy) is 2. The number of methoxy groups -OCH3 is 1. The van der Waals surface area contributed by atoms with Gasteiger partial charge in [-0.05, 0) is 29.7 Å². The van der Waals surface area contributed by atoms with Gasteiger partial charge in [-0.25, -0.2) is 0 Å². The minimum Gasteiger partial charge on any atom is -0.493 e. The van der Waals surface area contributed by atoms with Crippen molar-refractivity contribution < 1.29 is 9.47 Å². The molecule has 104 valence electrons. The van der Waals surface area contributed by atoms with Crippen molar-refractivity contribution in [3.63, 3.8) is 0 Å². The monoisotopic (exact) mass is 261 g/mol. The average molecular weight is 261 g/mol. The Labute approximate surface area is 115 Å². The molecular formula is C16H23NO2. The van der Waals surface area contributed by atoms with Crippen LogP contribution >= 0.6 is 0 Å². The summed E-state index contributed by atoms with van der Waals surface area (Å²) in [6.07, 6.45) is 4.37. The molecule has 0 fully saturated rings.